The van der Waals surface area contributed by atoms with Crippen molar-refractivity contribution in [1.29, 1.82) is 0 Å². The fourth-order valence-electron chi connectivity index (χ4n) is 2.98. The van der Waals surface area contributed by atoms with E-state index in [0.29, 0.717) is 11.4 Å². The highest BCUT2D eigenvalue weighted by molar-refractivity contribution is 5.99. The summed E-state index contributed by atoms with van der Waals surface area (Å²) >= 11 is 0. The monoisotopic (exact) mass is 450 g/mol. The lowest BCUT2D eigenvalue weighted by Crippen LogP contribution is -2.22. The Hall–Kier alpha value is -4.53. The summed E-state index contributed by atoms with van der Waals surface area (Å²) in [7, 11) is 1.42. The third-order valence-corrected chi connectivity index (χ3v) is 4.71. The molecule has 1 saturated carbocycles. The highest BCUT2D eigenvalue weighted by Crippen LogP contribution is 2.35. The van der Waals surface area contributed by atoms with Crippen molar-refractivity contribution in [2.45, 2.75) is 19.4 Å². The van der Waals surface area contributed by atoms with E-state index in [0.717, 1.165) is 12.8 Å². The molecule has 0 bridgehead atoms. The van der Waals surface area contributed by atoms with E-state index in [1.54, 1.807) is 6.07 Å². The van der Waals surface area contributed by atoms with Crippen LogP contribution in [0.25, 0.3) is 11.4 Å². The lowest BCUT2D eigenvalue weighted by atomic mass is 10.2. The first kappa shape index (κ1) is 18.1. The first-order chi connectivity index (χ1) is 17.2. The lowest BCUT2D eigenvalue weighted by Gasteiger charge is -2.15. The standard InChI is InChI=1S/C21H21N9O3/c1-4-9-30-11-24-18(29-30)13-7-8-23-19(17(13)33-3)25-14-10-15(26-20(31)12-5-6-12)27-28-16(14)21(32)22-2/h1,7-8,10-12H,5-6,9H2,2-3H3,(H,22,32)(H2,23,25,26,27,31)/i2D3. The summed E-state index contributed by atoms with van der Waals surface area (Å²) in [6.07, 6.45) is 9.83. The number of hydrogen-bond acceptors (Lipinski definition) is 9. The van der Waals surface area contributed by atoms with Crippen LogP contribution >= 0.6 is 0 Å². The smallest absolute Gasteiger partial charge is 0.273 e. The summed E-state index contributed by atoms with van der Waals surface area (Å²) in [5, 5.41) is 19.5. The van der Waals surface area contributed by atoms with Crippen LogP contribution in [0.2, 0.25) is 0 Å². The van der Waals surface area contributed by atoms with Crippen molar-refractivity contribution in [3.63, 3.8) is 0 Å². The van der Waals surface area contributed by atoms with Gasteiger partial charge in [-0.15, -0.1) is 21.7 Å². The summed E-state index contributed by atoms with van der Waals surface area (Å²) in [4.78, 5) is 33.3. The van der Waals surface area contributed by atoms with E-state index in [2.05, 4.69) is 41.8 Å². The number of nitrogens with one attached hydrogen (secondary N) is 3. The molecule has 0 atom stereocenters. The van der Waals surface area contributed by atoms with Crippen LogP contribution in [-0.2, 0) is 11.3 Å². The van der Waals surface area contributed by atoms with Gasteiger partial charge in [0.1, 0.15) is 12.9 Å². The molecule has 0 radical (unpaired) electrons. The van der Waals surface area contributed by atoms with Gasteiger partial charge in [0, 0.05) is 29.3 Å². The fraction of sp³-hybridized carbons (Fsp3) is 0.286. The zero-order valence-electron chi connectivity index (χ0n) is 20.5. The van der Waals surface area contributed by atoms with Crippen molar-refractivity contribution in [2.75, 3.05) is 24.7 Å². The number of carbonyl (C=O) groups excluding carboxylic acids is 2. The van der Waals surface area contributed by atoms with Crippen molar-refractivity contribution in [2.24, 2.45) is 5.92 Å². The SMILES string of the molecule is [2H]C([2H])([2H])NC(=O)c1nnc(NC(=O)C2CC2)cc1Nc1nccc(-c2ncn(CC#C)n2)c1OC. The number of pyridine rings is 1. The van der Waals surface area contributed by atoms with Crippen molar-refractivity contribution in [3.8, 4) is 29.5 Å². The number of hydrogen-bond donors (Lipinski definition) is 3. The molecule has 3 N–H and O–H groups in total. The normalized spacial score (nSPS) is 14.2. The molecule has 12 heteroatoms. The van der Waals surface area contributed by atoms with Crippen LogP contribution in [0.4, 0.5) is 17.3 Å². The second-order valence-electron chi connectivity index (χ2n) is 7.04. The third kappa shape index (κ3) is 4.72. The van der Waals surface area contributed by atoms with E-state index >= 15 is 0 Å². The number of aromatic nitrogens is 6. The van der Waals surface area contributed by atoms with E-state index in [9.17, 15) is 9.59 Å². The maximum Gasteiger partial charge on any atom is 0.273 e. The molecule has 2 amide bonds. The Labute approximate surface area is 193 Å². The molecule has 0 saturated heterocycles. The van der Waals surface area contributed by atoms with E-state index < -0.39 is 12.9 Å². The van der Waals surface area contributed by atoms with Gasteiger partial charge in [-0.2, -0.15) is 0 Å². The predicted octanol–water partition coefficient (Wildman–Crippen LogP) is 1.22. The summed E-state index contributed by atoms with van der Waals surface area (Å²) in [6.45, 7) is -2.53. The van der Waals surface area contributed by atoms with E-state index in [1.807, 2.05) is 5.32 Å². The highest BCUT2D eigenvalue weighted by Gasteiger charge is 2.30. The van der Waals surface area contributed by atoms with Gasteiger partial charge < -0.3 is 20.7 Å². The molecule has 1 aliphatic carbocycles. The first-order valence-electron chi connectivity index (χ1n) is 11.3. The van der Waals surface area contributed by atoms with Crippen LogP contribution in [0.5, 0.6) is 5.75 Å². The second kappa shape index (κ2) is 9.31. The largest absolute Gasteiger partial charge is 0.492 e. The van der Waals surface area contributed by atoms with Gasteiger partial charge in [-0.3, -0.25) is 9.59 Å². The molecule has 0 spiro atoms. The molecular formula is C21H21N9O3. The van der Waals surface area contributed by atoms with Gasteiger partial charge in [0.25, 0.3) is 5.91 Å². The molecule has 1 aliphatic rings. The Morgan fingerprint density at radius 3 is 2.94 bits per heavy atom. The third-order valence-electron chi connectivity index (χ3n) is 4.71. The number of carbonyl (C=O) groups is 2. The van der Waals surface area contributed by atoms with Crippen LogP contribution in [0.15, 0.2) is 24.7 Å². The molecule has 4 rings (SSSR count). The zero-order chi connectivity index (χ0) is 25.9. The predicted molar refractivity (Wildman–Crippen MR) is 119 cm³/mol. The fourth-order valence-corrected chi connectivity index (χ4v) is 2.98. The van der Waals surface area contributed by atoms with Gasteiger partial charge in [0.05, 0.1) is 18.4 Å². The molecule has 0 aromatic carbocycles. The Morgan fingerprint density at radius 2 is 2.21 bits per heavy atom. The minimum absolute atomic E-state index is 0.0339. The van der Waals surface area contributed by atoms with Gasteiger partial charge in [0.2, 0.25) is 5.91 Å². The van der Waals surface area contributed by atoms with Crippen LogP contribution in [0.1, 0.15) is 27.4 Å². The van der Waals surface area contributed by atoms with Crippen molar-refractivity contribution < 1.29 is 18.4 Å². The first-order valence-corrected chi connectivity index (χ1v) is 9.83. The molecule has 0 aliphatic heterocycles. The van der Waals surface area contributed by atoms with E-state index in [-0.39, 0.29) is 47.1 Å². The zero-order valence-corrected chi connectivity index (χ0v) is 17.5. The average molecular weight is 450 g/mol. The number of anilines is 3. The average Bonchev–Trinajstić information content (AvgIpc) is 3.57. The molecule has 168 valence electrons. The van der Waals surface area contributed by atoms with Crippen molar-refractivity contribution in [1.82, 2.24) is 35.3 Å². The number of nitrogens with zero attached hydrogens (tertiary/aromatic N) is 6. The molecule has 3 heterocycles. The maximum absolute atomic E-state index is 12.6. The molecule has 33 heavy (non-hydrogen) atoms. The van der Waals surface area contributed by atoms with Gasteiger partial charge >= 0.3 is 0 Å². The number of amides is 2. The molecule has 3 aromatic heterocycles. The molecular weight excluding hydrogens is 426 g/mol. The number of terminal acetylenes is 1. The van der Waals surface area contributed by atoms with Gasteiger partial charge in [-0.25, -0.2) is 14.6 Å². The van der Waals surface area contributed by atoms with E-state index in [1.165, 1.54) is 30.4 Å². The van der Waals surface area contributed by atoms with Crippen molar-refractivity contribution >= 4 is 29.1 Å². The van der Waals surface area contributed by atoms with Crippen LogP contribution in [0.3, 0.4) is 0 Å². The quantitative estimate of drug-likeness (QED) is 0.431. The minimum atomic E-state index is -2.76. The molecule has 0 unspecified atom stereocenters. The number of rotatable bonds is 8. The Morgan fingerprint density at radius 1 is 1.36 bits per heavy atom. The number of ether oxygens (including phenoxy) is 1. The Bertz CT molecular complexity index is 1350. The topological polar surface area (TPSA) is 149 Å². The maximum atomic E-state index is 12.6. The van der Waals surface area contributed by atoms with Crippen LogP contribution in [-0.4, -0.2) is 55.8 Å². The summed E-state index contributed by atoms with van der Waals surface area (Å²) in [5.41, 5.74) is 0.177. The van der Waals surface area contributed by atoms with Gasteiger partial charge in [-0.05, 0) is 18.9 Å². The Kier molecular flexibility index (Phi) is 5.10. The second-order valence-corrected chi connectivity index (χ2v) is 7.04. The van der Waals surface area contributed by atoms with Gasteiger partial charge in [-0.1, -0.05) is 5.92 Å². The molecule has 1 fully saturated rings. The summed E-state index contributed by atoms with van der Waals surface area (Å²) < 4.78 is 29.0. The lowest BCUT2D eigenvalue weighted by molar-refractivity contribution is -0.117. The highest BCUT2D eigenvalue weighted by atomic mass is 16.5. The molecule has 3 aromatic rings. The van der Waals surface area contributed by atoms with Crippen molar-refractivity contribution in [3.05, 3.63) is 30.4 Å². The minimum Gasteiger partial charge on any atom is -0.492 e. The van der Waals surface area contributed by atoms with Crippen LogP contribution < -0.4 is 20.7 Å². The molecule has 12 nitrogen and oxygen atoms in total. The number of methoxy groups -OCH3 is 1. The summed E-state index contributed by atoms with van der Waals surface area (Å²) in [5.74, 6) is 1.92. The summed E-state index contributed by atoms with van der Waals surface area (Å²) in [6, 6.07) is 2.99. The Balaban J connectivity index is 1.71. The van der Waals surface area contributed by atoms with Gasteiger partial charge in [0.15, 0.2) is 28.9 Å². The van der Waals surface area contributed by atoms with E-state index in [4.69, 9.17) is 15.3 Å². The van der Waals surface area contributed by atoms with Crippen LogP contribution in [0, 0.1) is 18.3 Å².